The van der Waals surface area contributed by atoms with Gasteiger partial charge in [-0.05, 0) is 24.5 Å². The standard InChI is InChI=1S/C19H26N2O5/c1-13(2)17(20-18(23)15-7-5-4-6-14(15)3)19(24)26-12-16(22)21-8-10-25-11-9-21/h4-7,13,17H,8-12H2,1-3H3,(H,20,23)/t17-/m0/s1. The van der Waals surface area contributed by atoms with Gasteiger partial charge in [0.2, 0.25) is 0 Å². The summed E-state index contributed by atoms with van der Waals surface area (Å²) in [7, 11) is 0. The van der Waals surface area contributed by atoms with Crippen molar-refractivity contribution >= 4 is 17.8 Å². The Morgan fingerprint density at radius 1 is 1.19 bits per heavy atom. The summed E-state index contributed by atoms with van der Waals surface area (Å²) >= 11 is 0. The number of benzene rings is 1. The number of ether oxygens (including phenoxy) is 2. The molecule has 2 rings (SSSR count). The van der Waals surface area contributed by atoms with Gasteiger partial charge in [-0.3, -0.25) is 9.59 Å². The molecule has 0 spiro atoms. The minimum Gasteiger partial charge on any atom is -0.454 e. The number of aryl methyl sites for hydroxylation is 1. The normalized spacial score (nSPS) is 15.5. The molecule has 1 aromatic rings. The van der Waals surface area contributed by atoms with E-state index in [1.807, 2.05) is 32.9 Å². The quantitative estimate of drug-likeness (QED) is 0.768. The molecule has 1 saturated heterocycles. The molecule has 1 aliphatic rings. The van der Waals surface area contributed by atoms with E-state index in [1.165, 1.54) is 0 Å². The Morgan fingerprint density at radius 2 is 1.85 bits per heavy atom. The molecule has 2 amide bonds. The summed E-state index contributed by atoms with van der Waals surface area (Å²) in [5, 5.41) is 2.72. The van der Waals surface area contributed by atoms with Gasteiger partial charge in [0.15, 0.2) is 6.61 Å². The van der Waals surface area contributed by atoms with Crippen LogP contribution in [-0.2, 0) is 19.1 Å². The second-order valence-electron chi connectivity index (χ2n) is 6.61. The first kappa shape index (κ1) is 19.9. The Balaban J connectivity index is 1.93. The van der Waals surface area contributed by atoms with Crippen molar-refractivity contribution < 1.29 is 23.9 Å². The first-order valence-corrected chi connectivity index (χ1v) is 8.78. The average Bonchev–Trinajstić information content (AvgIpc) is 2.64. The third-order valence-electron chi connectivity index (χ3n) is 4.30. The van der Waals surface area contributed by atoms with Crippen LogP contribution in [-0.4, -0.2) is 61.6 Å². The highest BCUT2D eigenvalue weighted by atomic mass is 16.5. The molecule has 7 heteroatoms. The van der Waals surface area contributed by atoms with Gasteiger partial charge in [0.1, 0.15) is 6.04 Å². The summed E-state index contributed by atoms with van der Waals surface area (Å²) in [5.41, 5.74) is 1.33. The molecule has 0 radical (unpaired) electrons. The lowest BCUT2D eigenvalue weighted by atomic mass is 10.0. The molecule has 1 heterocycles. The average molecular weight is 362 g/mol. The summed E-state index contributed by atoms with van der Waals surface area (Å²) in [4.78, 5) is 38.5. The monoisotopic (exact) mass is 362 g/mol. The lowest BCUT2D eigenvalue weighted by Crippen LogP contribution is -2.47. The fraction of sp³-hybridized carbons (Fsp3) is 0.526. The van der Waals surface area contributed by atoms with Crippen LogP contribution in [0.4, 0.5) is 0 Å². The number of carbonyl (C=O) groups excluding carboxylic acids is 3. The van der Waals surface area contributed by atoms with Crippen molar-refractivity contribution in [3.63, 3.8) is 0 Å². The minimum absolute atomic E-state index is 0.172. The molecule has 1 atom stereocenters. The molecular weight excluding hydrogens is 336 g/mol. The van der Waals surface area contributed by atoms with E-state index in [-0.39, 0.29) is 24.3 Å². The molecular formula is C19H26N2O5. The summed E-state index contributed by atoms with van der Waals surface area (Å²) in [6.07, 6.45) is 0. The number of hydrogen-bond acceptors (Lipinski definition) is 5. The van der Waals surface area contributed by atoms with Gasteiger partial charge in [-0.25, -0.2) is 4.79 Å². The second-order valence-corrected chi connectivity index (χ2v) is 6.61. The van der Waals surface area contributed by atoms with Crippen LogP contribution in [0.25, 0.3) is 0 Å². The van der Waals surface area contributed by atoms with E-state index in [1.54, 1.807) is 17.0 Å². The minimum atomic E-state index is -0.820. The van der Waals surface area contributed by atoms with Crippen molar-refractivity contribution in [2.45, 2.75) is 26.8 Å². The Bertz CT molecular complexity index is 653. The Kier molecular flexibility index (Phi) is 7.15. The van der Waals surface area contributed by atoms with Crippen molar-refractivity contribution in [3.8, 4) is 0 Å². The Hall–Kier alpha value is -2.41. The molecule has 1 aromatic carbocycles. The fourth-order valence-corrected chi connectivity index (χ4v) is 2.67. The van der Waals surface area contributed by atoms with Crippen molar-refractivity contribution in [2.24, 2.45) is 5.92 Å². The molecule has 0 bridgehead atoms. The van der Waals surface area contributed by atoms with Gasteiger partial charge < -0.3 is 19.7 Å². The topological polar surface area (TPSA) is 84.9 Å². The summed E-state index contributed by atoms with van der Waals surface area (Å²) in [6, 6.07) is 6.33. The maximum atomic E-state index is 12.5. The zero-order valence-electron chi connectivity index (χ0n) is 15.5. The van der Waals surface area contributed by atoms with E-state index < -0.39 is 12.0 Å². The summed E-state index contributed by atoms with van der Waals surface area (Å²) < 4.78 is 10.4. The van der Waals surface area contributed by atoms with Gasteiger partial charge in [-0.15, -0.1) is 0 Å². The third kappa shape index (κ3) is 5.29. The highest BCUT2D eigenvalue weighted by Gasteiger charge is 2.28. The predicted octanol–water partition coefficient (Wildman–Crippen LogP) is 1.15. The van der Waals surface area contributed by atoms with E-state index in [0.29, 0.717) is 31.9 Å². The highest BCUT2D eigenvalue weighted by Crippen LogP contribution is 2.10. The molecule has 0 unspecified atom stereocenters. The van der Waals surface area contributed by atoms with Crippen LogP contribution in [0.1, 0.15) is 29.8 Å². The van der Waals surface area contributed by atoms with Crippen LogP contribution in [0, 0.1) is 12.8 Å². The van der Waals surface area contributed by atoms with E-state index >= 15 is 0 Å². The molecule has 1 N–H and O–H groups in total. The molecule has 1 aliphatic heterocycles. The van der Waals surface area contributed by atoms with Crippen LogP contribution in [0.15, 0.2) is 24.3 Å². The molecule has 1 fully saturated rings. The molecule has 7 nitrogen and oxygen atoms in total. The predicted molar refractivity (Wildman–Crippen MR) is 95.6 cm³/mol. The van der Waals surface area contributed by atoms with E-state index in [2.05, 4.69) is 5.32 Å². The van der Waals surface area contributed by atoms with Crippen LogP contribution in [0.3, 0.4) is 0 Å². The van der Waals surface area contributed by atoms with Gasteiger partial charge in [-0.1, -0.05) is 32.0 Å². The molecule has 0 saturated carbocycles. The van der Waals surface area contributed by atoms with Gasteiger partial charge >= 0.3 is 5.97 Å². The number of amides is 2. The van der Waals surface area contributed by atoms with Crippen molar-refractivity contribution in [2.75, 3.05) is 32.9 Å². The summed E-state index contributed by atoms with van der Waals surface area (Å²) in [5.74, 6) is -1.37. The zero-order valence-corrected chi connectivity index (χ0v) is 15.5. The van der Waals surface area contributed by atoms with Gasteiger partial charge in [-0.2, -0.15) is 0 Å². The van der Waals surface area contributed by atoms with Crippen LogP contribution in [0.2, 0.25) is 0 Å². The number of hydrogen-bond donors (Lipinski definition) is 1. The number of esters is 1. The van der Waals surface area contributed by atoms with Gasteiger partial charge in [0, 0.05) is 18.7 Å². The second kappa shape index (κ2) is 9.33. The van der Waals surface area contributed by atoms with Crippen LogP contribution in [0.5, 0.6) is 0 Å². The summed E-state index contributed by atoms with van der Waals surface area (Å²) in [6.45, 7) is 7.09. The third-order valence-corrected chi connectivity index (χ3v) is 4.30. The van der Waals surface area contributed by atoms with Crippen LogP contribution >= 0.6 is 0 Å². The Labute approximate surface area is 153 Å². The molecule has 0 aromatic heterocycles. The van der Waals surface area contributed by atoms with Crippen molar-refractivity contribution in [1.29, 1.82) is 0 Å². The maximum Gasteiger partial charge on any atom is 0.329 e. The number of morpholine rings is 1. The van der Waals surface area contributed by atoms with Gasteiger partial charge in [0.25, 0.3) is 11.8 Å². The SMILES string of the molecule is Cc1ccccc1C(=O)N[C@H](C(=O)OCC(=O)N1CCOCC1)C(C)C. The van der Waals surface area contributed by atoms with Gasteiger partial charge in [0.05, 0.1) is 13.2 Å². The molecule has 142 valence electrons. The van der Waals surface area contributed by atoms with Crippen molar-refractivity contribution in [3.05, 3.63) is 35.4 Å². The highest BCUT2D eigenvalue weighted by molar-refractivity contribution is 5.98. The number of carbonyl (C=O) groups is 3. The number of nitrogens with one attached hydrogen (secondary N) is 1. The van der Waals surface area contributed by atoms with E-state index in [0.717, 1.165) is 5.56 Å². The number of rotatable bonds is 6. The van der Waals surface area contributed by atoms with E-state index in [4.69, 9.17) is 9.47 Å². The zero-order chi connectivity index (χ0) is 19.1. The number of nitrogens with zero attached hydrogens (tertiary/aromatic N) is 1. The smallest absolute Gasteiger partial charge is 0.329 e. The Morgan fingerprint density at radius 3 is 2.46 bits per heavy atom. The first-order valence-electron chi connectivity index (χ1n) is 8.78. The van der Waals surface area contributed by atoms with Crippen molar-refractivity contribution in [1.82, 2.24) is 10.2 Å². The maximum absolute atomic E-state index is 12.5. The molecule has 26 heavy (non-hydrogen) atoms. The molecule has 0 aliphatic carbocycles. The lowest BCUT2D eigenvalue weighted by Gasteiger charge is -2.27. The largest absolute Gasteiger partial charge is 0.454 e. The lowest BCUT2D eigenvalue weighted by molar-refractivity contribution is -0.155. The van der Waals surface area contributed by atoms with E-state index in [9.17, 15) is 14.4 Å². The first-order chi connectivity index (χ1) is 12.4. The van der Waals surface area contributed by atoms with Crippen LogP contribution < -0.4 is 5.32 Å². The fourth-order valence-electron chi connectivity index (χ4n) is 2.67.